The molecule has 0 fully saturated rings. The second-order valence-electron chi connectivity index (χ2n) is 4.88. The number of ether oxygens (including phenoxy) is 2. The van der Waals surface area contributed by atoms with Gasteiger partial charge in [-0.1, -0.05) is 19.4 Å². The first-order chi connectivity index (χ1) is 8.56. The Balaban J connectivity index is 2.84. The van der Waals surface area contributed by atoms with Crippen LogP contribution in [0, 0.1) is 0 Å². The number of methoxy groups -OCH3 is 1. The van der Waals surface area contributed by atoms with Crippen molar-refractivity contribution in [1.82, 2.24) is 0 Å². The standard InChI is InChI=1S/C15H25NO2/c1-5-6-12(3)18-15-10-13(9-11(2)16)7-8-14(15)17-4/h7-8,10-12H,5-6,9,16H2,1-4H3. The maximum atomic E-state index is 5.93. The highest BCUT2D eigenvalue weighted by Gasteiger charge is 2.10. The third-order valence-electron chi connectivity index (χ3n) is 2.81. The predicted molar refractivity (Wildman–Crippen MR) is 75.3 cm³/mol. The molecule has 0 heterocycles. The third kappa shape index (κ3) is 4.57. The Morgan fingerprint density at radius 2 is 1.94 bits per heavy atom. The first kappa shape index (κ1) is 14.8. The van der Waals surface area contributed by atoms with Crippen molar-refractivity contribution < 1.29 is 9.47 Å². The lowest BCUT2D eigenvalue weighted by Gasteiger charge is -2.17. The number of hydrogen-bond donors (Lipinski definition) is 1. The molecule has 0 amide bonds. The maximum absolute atomic E-state index is 5.93. The highest BCUT2D eigenvalue weighted by Crippen LogP contribution is 2.29. The highest BCUT2D eigenvalue weighted by molar-refractivity contribution is 5.43. The lowest BCUT2D eigenvalue weighted by atomic mass is 10.1. The van der Waals surface area contributed by atoms with Crippen LogP contribution in [0.25, 0.3) is 0 Å². The van der Waals surface area contributed by atoms with Crippen LogP contribution in [0.3, 0.4) is 0 Å². The van der Waals surface area contributed by atoms with Gasteiger partial charge >= 0.3 is 0 Å². The summed E-state index contributed by atoms with van der Waals surface area (Å²) >= 11 is 0. The van der Waals surface area contributed by atoms with E-state index in [-0.39, 0.29) is 12.1 Å². The molecule has 3 heteroatoms. The van der Waals surface area contributed by atoms with E-state index in [0.717, 1.165) is 30.8 Å². The fourth-order valence-electron chi connectivity index (χ4n) is 1.99. The Kier molecular flexibility index (Phi) is 5.99. The number of hydrogen-bond acceptors (Lipinski definition) is 3. The van der Waals surface area contributed by atoms with Gasteiger partial charge in [0.1, 0.15) is 0 Å². The lowest BCUT2D eigenvalue weighted by molar-refractivity contribution is 0.200. The van der Waals surface area contributed by atoms with Gasteiger partial charge in [0.2, 0.25) is 0 Å². The SMILES string of the molecule is CCCC(C)Oc1cc(CC(C)N)ccc1OC. The van der Waals surface area contributed by atoms with Gasteiger partial charge in [-0.05, 0) is 44.4 Å². The fraction of sp³-hybridized carbons (Fsp3) is 0.600. The summed E-state index contributed by atoms with van der Waals surface area (Å²) in [6.45, 7) is 6.25. The molecular weight excluding hydrogens is 226 g/mol. The summed E-state index contributed by atoms with van der Waals surface area (Å²) in [7, 11) is 1.66. The van der Waals surface area contributed by atoms with Gasteiger partial charge in [-0.3, -0.25) is 0 Å². The normalized spacial score (nSPS) is 14.1. The van der Waals surface area contributed by atoms with Gasteiger partial charge < -0.3 is 15.2 Å². The Bertz CT molecular complexity index is 364. The van der Waals surface area contributed by atoms with Crippen LogP contribution in [0.5, 0.6) is 11.5 Å². The minimum atomic E-state index is 0.152. The molecule has 0 aliphatic rings. The van der Waals surface area contributed by atoms with Crippen molar-refractivity contribution in [1.29, 1.82) is 0 Å². The van der Waals surface area contributed by atoms with Crippen molar-refractivity contribution in [3.8, 4) is 11.5 Å². The van der Waals surface area contributed by atoms with Crippen molar-refractivity contribution in [3.63, 3.8) is 0 Å². The molecule has 2 N–H and O–H groups in total. The van der Waals surface area contributed by atoms with Crippen LogP contribution < -0.4 is 15.2 Å². The summed E-state index contributed by atoms with van der Waals surface area (Å²) in [4.78, 5) is 0. The molecule has 1 aromatic carbocycles. The monoisotopic (exact) mass is 251 g/mol. The van der Waals surface area contributed by atoms with E-state index in [4.69, 9.17) is 15.2 Å². The molecule has 0 bridgehead atoms. The maximum Gasteiger partial charge on any atom is 0.161 e. The molecule has 3 nitrogen and oxygen atoms in total. The van der Waals surface area contributed by atoms with Crippen LogP contribution in [0.1, 0.15) is 39.2 Å². The topological polar surface area (TPSA) is 44.5 Å². The molecule has 0 aliphatic carbocycles. The predicted octanol–water partition coefficient (Wildman–Crippen LogP) is 3.15. The van der Waals surface area contributed by atoms with E-state index in [0.29, 0.717) is 0 Å². The number of rotatable bonds is 7. The van der Waals surface area contributed by atoms with Gasteiger partial charge in [0, 0.05) is 6.04 Å². The van der Waals surface area contributed by atoms with Crippen LogP contribution in [0.2, 0.25) is 0 Å². The minimum absolute atomic E-state index is 0.152. The summed E-state index contributed by atoms with van der Waals surface area (Å²) < 4.78 is 11.3. The molecule has 2 unspecified atom stereocenters. The molecule has 0 aromatic heterocycles. The molecule has 0 spiro atoms. The van der Waals surface area contributed by atoms with Gasteiger partial charge in [-0.25, -0.2) is 0 Å². The Labute approximate surface area is 110 Å². The van der Waals surface area contributed by atoms with Gasteiger partial charge in [-0.2, -0.15) is 0 Å². The summed E-state index contributed by atoms with van der Waals surface area (Å²) in [5.74, 6) is 1.60. The van der Waals surface area contributed by atoms with Crippen molar-refractivity contribution in [2.24, 2.45) is 5.73 Å². The Morgan fingerprint density at radius 1 is 1.22 bits per heavy atom. The molecule has 0 saturated heterocycles. The van der Waals surface area contributed by atoms with E-state index in [1.54, 1.807) is 7.11 Å². The molecule has 1 rings (SSSR count). The van der Waals surface area contributed by atoms with Gasteiger partial charge in [0.05, 0.1) is 13.2 Å². The van der Waals surface area contributed by atoms with Crippen LogP contribution in [-0.4, -0.2) is 19.3 Å². The Hall–Kier alpha value is -1.22. The van der Waals surface area contributed by atoms with Gasteiger partial charge in [0.25, 0.3) is 0 Å². The molecular formula is C15H25NO2. The van der Waals surface area contributed by atoms with E-state index >= 15 is 0 Å². The summed E-state index contributed by atoms with van der Waals surface area (Å²) in [6.07, 6.45) is 3.21. The van der Waals surface area contributed by atoms with Crippen molar-refractivity contribution in [2.75, 3.05) is 7.11 Å². The summed E-state index contributed by atoms with van der Waals surface area (Å²) in [5, 5.41) is 0. The van der Waals surface area contributed by atoms with Crippen LogP contribution in [0.15, 0.2) is 18.2 Å². The highest BCUT2D eigenvalue weighted by atomic mass is 16.5. The first-order valence-electron chi connectivity index (χ1n) is 6.66. The molecule has 102 valence electrons. The fourth-order valence-corrected chi connectivity index (χ4v) is 1.99. The average Bonchev–Trinajstić information content (AvgIpc) is 2.28. The molecule has 0 radical (unpaired) electrons. The van der Waals surface area contributed by atoms with Crippen molar-refractivity contribution >= 4 is 0 Å². The van der Waals surface area contributed by atoms with Crippen LogP contribution >= 0.6 is 0 Å². The second-order valence-corrected chi connectivity index (χ2v) is 4.88. The number of benzene rings is 1. The van der Waals surface area contributed by atoms with E-state index in [1.807, 2.05) is 25.1 Å². The zero-order valence-electron chi connectivity index (χ0n) is 11.9. The van der Waals surface area contributed by atoms with Gasteiger partial charge in [-0.15, -0.1) is 0 Å². The van der Waals surface area contributed by atoms with Crippen molar-refractivity contribution in [3.05, 3.63) is 23.8 Å². The summed E-state index contributed by atoms with van der Waals surface area (Å²) in [6, 6.07) is 6.18. The van der Waals surface area contributed by atoms with Crippen LogP contribution in [0.4, 0.5) is 0 Å². The van der Waals surface area contributed by atoms with E-state index in [1.165, 1.54) is 5.56 Å². The quantitative estimate of drug-likeness (QED) is 0.809. The average molecular weight is 251 g/mol. The minimum Gasteiger partial charge on any atom is -0.493 e. The zero-order valence-corrected chi connectivity index (χ0v) is 11.9. The van der Waals surface area contributed by atoms with E-state index in [2.05, 4.69) is 13.8 Å². The molecule has 18 heavy (non-hydrogen) atoms. The third-order valence-corrected chi connectivity index (χ3v) is 2.81. The van der Waals surface area contributed by atoms with E-state index in [9.17, 15) is 0 Å². The first-order valence-corrected chi connectivity index (χ1v) is 6.66. The summed E-state index contributed by atoms with van der Waals surface area (Å²) in [5.41, 5.74) is 7.01. The second kappa shape index (κ2) is 7.27. The lowest BCUT2D eigenvalue weighted by Crippen LogP contribution is -2.18. The molecule has 0 aliphatic heterocycles. The van der Waals surface area contributed by atoms with Crippen LogP contribution in [-0.2, 0) is 6.42 Å². The molecule has 1 aromatic rings. The largest absolute Gasteiger partial charge is 0.493 e. The molecule has 2 atom stereocenters. The Morgan fingerprint density at radius 3 is 2.50 bits per heavy atom. The van der Waals surface area contributed by atoms with Gasteiger partial charge in [0.15, 0.2) is 11.5 Å². The van der Waals surface area contributed by atoms with E-state index < -0.39 is 0 Å². The zero-order chi connectivity index (χ0) is 13.5. The smallest absolute Gasteiger partial charge is 0.161 e. The van der Waals surface area contributed by atoms with Crippen molar-refractivity contribution in [2.45, 2.75) is 52.2 Å². The molecule has 0 saturated carbocycles. The number of nitrogens with two attached hydrogens (primary N) is 1.